The quantitative estimate of drug-likeness (QED) is 0.467. The van der Waals surface area contributed by atoms with Crippen LogP contribution in [0.2, 0.25) is 0 Å². The second-order valence-electron chi connectivity index (χ2n) is 3.86. The summed E-state index contributed by atoms with van der Waals surface area (Å²) in [6.45, 7) is 4.60. The van der Waals surface area contributed by atoms with Crippen molar-refractivity contribution >= 4 is 12.0 Å². The lowest BCUT2D eigenvalue weighted by molar-refractivity contribution is -0.137. The number of hydrogen-bond donors (Lipinski definition) is 3. The van der Waals surface area contributed by atoms with Gasteiger partial charge in [0.1, 0.15) is 0 Å². The Hall–Kier alpha value is -1.56. The van der Waals surface area contributed by atoms with Crippen molar-refractivity contribution in [1.29, 1.82) is 0 Å². The first kappa shape index (κ1) is 13.5. The van der Waals surface area contributed by atoms with Gasteiger partial charge >= 0.3 is 12.0 Å². The van der Waals surface area contributed by atoms with Crippen LogP contribution in [0.5, 0.6) is 0 Å². The number of rotatable bonds is 6. The second-order valence-corrected chi connectivity index (χ2v) is 3.86. The van der Waals surface area contributed by atoms with E-state index in [9.17, 15) is 9.59 Å². The summed E-state index contributed by atoms with van der Waals surface area (Å²) in [5.41, 5.74) is 0. The molecule has 6 nitrogen and oxygen atoms in total. The van der Waals surface area contributed by atoms with E-state index in [0.717, 1.165) is 6.42 Å². The number of urea groups is 1. The van der Waals surface area contributed by atoms with Gasteiger partial charge in [-0.05, 0) is 12.8 Å². The van der Waals surface area contributed by atoms with Gasteiger partial charge in [-0.1, -0.05) is 6.08 Å². The fourth-order valence-corrected chi connectivity index (χ4v) is 1.66. The van der Waals surface area contributed by atoms with Gasteiger partial charge in [-0.25, -0.2) is 4.79 Å². The predicted molar refractivity (Wildman–Crippen MR) is 61.7 cm³/mol. The van der Waals surface area contributed by atoms with E-state index >= 15 is 0 Å². The van der Waals surface area contributed by atoms with Crippen LogP contribution in [0, 0.1) is 0 Å². The molecule has 1 saturated heterocycles. The van der Waals surface area contributed by atoms with E-state index in [4.69, 9.17) is 9.84 Å². The minimum absolute atomic E-state index is 0.0491. The predicted octanol–water partition coefficient (Wildman–Crippen LogP) is 0.494. The second kappa shape index (κ2) is 6.90. The van der Waals surface area contributed by atoms with Gasteiger partial charge in [0, 0.05) is 19.6 Å². The van der Waals surface area contributed by atoms with Crippen LogP contribution in [-0.4, -0.2) is 42.4 Å². The maximum Gasteiger partial charge on any atom is 0.315 e. The molecule has 0 spiro atoms. The Balaban J connectivity index is 2.16. The lowest BCUT2D eigenvalue weighted by Gasteiger charge is -2.16. The van der Waals surface area contributed by atoms with Crippen molar-refractivity contribution in [3.05, 3.63) is 12.7 Å². The largest absolute Gasteiger partial charge is 0.481 e. The molecular formula is C11H18N2O4. The number of nitrogens with one attached hydrogen (secondary N) is 2. The highest BCUT2D eigenvalue weighted by Gasteiger charge is 2.26. The highest BCUT2D eigenvalue weighted by atomic mass is 16.5. The third-order valence-corrected chi connectivity index (χ3v) is 2.54. The van der Waals surface area contributed by atoms with Crippen LogP contribution in [0.3, 0.4) is 0 Å². The molecule has 2 atom stereocenters. The summed E-state index contributed by atoms with van der Waals surface area (Å²) in [4.78, 5) is 21.7. The standard InChI is InChI=1S/C11H18N2O4/c1-2-9-8(5-7-17-9)13-11(16)12-6-3-4-10(14)15/h2,8-9H,1,3-7H2,(H,14,15)(H2,12,13,16)/t8-,9+/m1/s1. The fourth-order valence-electron chi connectivity index (χ4n) is 1.66. The van der Waals surface area contributed by atoms with E-state index in [-0.39, 0.29) is 24.6 Å². The first-order chi connectivity index (χ1) is 8.13. The highest BCUT2D eigenvalue weighted by Crippen LogP contribution is 2.13. The summed E-state index contributed by atoms with van der Waals surface area (Å²) in [7, 11) is 0. The van der Waals surface area contributed by atoms with E-state index in [1.165, 1.54) is 0 Å². The molecule has 0 unspecified atom stereocenters. The average molecular weight is 242 g/mol. The van der Waals surface area contributed by atoms with E-state index in [1.54, 1.807) is 6.08 Å². The summed E-state index contributed by atoms with van der Waals surface area (Å²) < 4.78 is 5.33. The molecule has 0 aromatic carbocycles. The summed E-state index contributed by atoms with van der Waals surface area (Å²) >= 11 is 0. The number of hydrogen-bond acceptors (Lipinski definition) is 3. The van der Waals surface area contributed by atoms with Crippen molar-refractivity contribution in [3.63, 3.8) is 0 Å². The first-order valence-electron chi connectivity index (χ1n) is 5.64. The number of carboxylic acid groups (broad SMARTS) is 1. The van der Waals surface area contributed by atoms with Crippen LogP contribution < -0.4 is 10.6 Å². The number of carbonyl (C=O) groups is 2. The third kappa shape index (κ3) is 4.86. The summed E-state index contributed by atoms with van der Waals surface area (Å²) in [5.74, 6) is -0.858. The summed E-state index contributed by atoms with van der Waals surface area (Å²) in [5, 5.41) is 13.8. The Bertz CT molecular complexity index is 293. The molecule has 1 rings (SSSR count). The van der Waals surface area contributed by atoms with Gasteiger partial charge < -0.3 is 20.5 Å². The number of amides is 2. The molecule has 1 aliphatic heterocycles. The van der Waals surface area contributed by atoms with Gasteiger partial charge in [0.25, 0.3) is 0 Å². The topological polar surface area (TPSA) is 87.7 Å². The number of aliphatic carboxylic acids is 1. The van der Waals surface area contributed by atoms with Crippen LogP contribution in [-0.2, 0) is 9.53 Å². The summed E-state index contributed by atoms with van der Waals surface area (Å²) in [6, 6.07) is -0.343. The minimum Gasteiger partial charge on any atom is -0.481 e. The Kier molecular flexibility index (Phi) is 5.48. The zero-order chi connectivity index (χ0) is 12.7. The van der Waals surface area contributed by atoms with Gasteiger partial charge in [0.15, 0.2) is 0 Å². The molecule has 0 aliphatic carbocycles. The van der Waals surface area contributed by atoms with Gasteiger partial charge in [-0.2, -0.15) is 0 Å². The molecular weight excluding hydrogens is 224 g/mol. The minimum atomic E-state index is -0.858. The van der Waals surface area contributed by atoms with Crippen LogP contribution >= 0.6 is 0 Å². The lowest BCUT2D eigenvalue weighted by atomic mass is 10.1. The third-order valence-electron chi connectivity index (χ3n) is 2.54. The van der Waals surface area contributed by atoms with Gasteiger partial charge in [0.2, 0.25) is 0 Å². The van der Waals surface area contributed by atoms with Gasteiger partial charge in [-0.3, -0.25) is 4.79 Å². The van der Waals surface area contributed by atoms with Crippen LogP contribution in [0.25, 0.3) is 0 Å². The lowest BCUT2D eigenvalue weighted by Crippen LogP contribution is -2.45. The molecule has 0 aromatic rings. The van der Waals surface area contributed by atoms with Crippen LogP contribution in [0.4, 0.5) is 4.79 Å². The molecule has 0 bridgehead atoms. The zero-order valence-electron chi connectivity index (χ0n) is 9.65. The van der Waals surface area contributed by atoms with Gasteiger partial charge in [-0.15, -0.1) is 6.58 Å². The zero-order valence-corrected chi connectivity index (χ0v) is 9.65. The Morgan fingerprint density at radius 2 is 2.29 bits per heavy atom. The van der Waals surface area contributed by atoms with E-state index in [1.807, 2.05) is 0 Å². The summed E-state index contributed by atoms with van der Waals surface area (Å²) in [6.07, 6.45) is 2.78. The van der Waals surface area contributed by atoms with Crippen molar-refractivity contribution in [2.75, 3.05) is 13.2 Å². The molecule has 1 fully saturated rings. The molecule has 6 heteroatoms. The highest BCUT2D eigenvalue weighted by molar-refractivity contribution is 5.74. The van der Waals surface area contributed by atoms with Crippen molar-refractivity contribution < 1.29 is 19.4 Å². The normalized spacial score (nSPS) is 23.1. The number of carboxylic acids is 1. The SMILES string of the molecule is C=C[C@@H]1OCC[C@H]1NC(=O)NCCCC(=O)O. The molecule has 1 heterocycles. The maximum atomic E-state index is 11.4. The molecule has 0 radical (unpaired) electrons. The average Bonchev–Trinajstić information content (AvgIpc) is 2.71. The fraction of sp³-hybridized carbons (Fsp3) is 0.636. The number of ether oxygens (including phenoxy) is 1. The molecule has 1 aliphatic rings. The molecule has 0 saturated carbocycles. The van der Waals surface area contributed by atoms with Crippen LogP contribution in [0.1, 0.15) is 19.3 Å². The smallest absolute Gasteiger partial charge is 0.315 e. The molecule has 0 aromatic heterocycles. The maximum absolute atomic E-state index is 11.4. The van der Waals surface area contributed by atoms with E-state index in [2.05, 4.69) is 17.2 Å². The van der Waals surface area contributed by atoms with E-state index < -0.39 is 5.97 Å². The van der Waals surface area contributed by atoms with Crippen molar-refractivity contribution in [3.8, 4) is 0 Å². The van der Waals surface area contributed by atoms with E-state index in [0.29, 0.717) is 19.6 Å². The van der Waals surface area contributed by atoms with Crippen molar-refractivity contribution in [2.45, 2.75) is 31.4 Å². The molecule has 96 valence electrons. The number of carbonyl (C=O) groups excluding carboxylic acids is 1. The Morgan fingerprint density at radius 1 is 1.53 bits per heavy atom. The van der Waals surface area contributed by atoms with Crippen molar-refractivity contribution in [1.82, 2.24) is 10.6 Å². The molecule has 2 amide bonds. The van der Waals surface area contributed by atoms with Crippen LogP contribution in [0.15, 0.2) is 12.7 Å². The molecule has 17 heavy (non-hydrogen) atoms. The Morgan fingerprint density at radius 3 is 2.94 bits per heavy atom. The monoisotopic (exact) mass is 242 g/mol. The van der Waals surface area contributed by atoms with Crippen molar-refractivity contribution in [2.24, 2.45) is 0 Å². The first-order valence-corrected chi connectivity index (χ1v) is 5.64. The Labute approximate surface area is 100 Å². The molecule has 3 N–H and O–H groups in total. The van der Waals surface area contributed by atoms with Gasteiger partial charge in [0.05, 0.1) is 12.1 Å².